The highest BCUT2D eigenvalue weighted by Crippen LogP contribution is 2.20. The Labute approximate surface area is 55.5 Å². The van der Waals surface area contributed by atoms with Gasteiger partial charge in [-0.3, -0.25) is 4.99 Å². The van der Waals surface area contributed by atoms with Crippen molar-refractivity contribution in [2.75, 3.05) is 0 Å². The lowest BCUT2D eigenvalue weighted by atomic mass is 9.92. The van der Waals surface area contributed by atoms with Crippen molar-refractivity contribution < 1.29 is 0 Å². The van der Waals surface area contributed by atoms with Crippen molar-refractivity contribution in [3.63, 3.8) is 0 Å². The summed E-state index contributed by atoms with van der Waals surface area (Å²) >= 11 is 0. The Balaban J connectivity index is 2.96. The van der Waals surface area contributed by atoms with Gasteiger partial charge in [0.05, 0.1) is 5.54 Å². The van der Waals surface area contributed by atoms with Crippen LogP contribution in [-0.2, 0) is 0 Å². The molecule has 1 unspecified atom stereocenters. The fourth-order valence-corrected chi connectivity index (χ4v) is 0.747. The van der Waals surface area contributed by atoms with Crippen molar-refractivity contribution in [2.45, 2.75) is 26.3 Å². The molecule has 0 aromatic carbocycles. The number of nitrogens with two attached hydrogens (primary N) is 1. The quantitative estimate of drug-likeness (QED) is 0.515. The van der Waals surface area contributed by atoms with Crippen molar-refractivity contribution in [3.05, 3.63) is 11.8 Å². The number of hydrogen-bond donors (Lipinski definition) is 1. The molecule has 0 saturated carbocycles. The monoisotopic (exact) mass is 124 g/mol. The summed E-state index contributed by atoms with van der Waals surface area (Å²) in [6.45, 7) is 5.93. The third-order valence-corrected chi connectivity index (χ3v) is 2.02. The van der Waals surface area contributed by atoms with Gasteiger partial charge in [-0.05, 0) is 26.3 Å². The zero-order valence-corrected chi connectivity index (χ0v) is 6.10. The lowest BCUT2D eigenvalue weighted by Crippen LogP contribution is -2.42. The van der Waals surface area contributed by atoms with Crippen LogP contribution in [0.15, 0.2) is 16.8 Å². The van der Waals surface area contributed by atoms with Crippen LogP contribution >= 0.6 is 0 Å². The van der Waals surface area contributed by atoms with Crippen molar-refractivity contribution in [2.24, 2.45) is 10.7 Å². The van der Waals surface area contributed by atoms with Crippen LogP contribution in [0.1, 0.15) is 20.8 Å². The van der Waals surface area contributed by atoms with E-state index in [1.165, 1.54) is 0 Å². The maximum Gasteiger partial charge on any atom is 0.0742 e. The topological polar surface area (TPSA) is 38.4 Å². The van der Waals surface area contributed by atoms with E-state index >= 15 is 0 Å². The van der Waals surface area contributed by atoms with Crippen LogP contribution in [0.25, 0.3) is 0 Å². The highest BCUT2D eigenvalue weighted by molar-refractivity contribution is 5.96. The van der Waals surface area contributed by atoms with Crippen LogP contribution < -0.4 is 5.73 Å². The van der Waals surface area contributed by atoms with Crippen molar-refractivity contribution in [3.8, 4) is 0 Å². The maximum atomic E-state index is 5.87. The van der Waals surface area contributed by atoms with Gasteiger partial charge in [0.1, 0.15) is 0 Å². The molecule has 0 aliphatic carbocycles. The molecule has 1 aliphatic heterocycles. The van der Waals surface area contributed by atoms with E-state index < -0.39 is 0 Å². The third kappa shape index (κ3) is 0.793. The third-order valence-electron chi connectivity index (χ3n) is 2.02. The Morgan fingerprint density at radius 3 is 2.22 bits per heavy atom. The average molecular weight is 124 g/mol. The summed E-state index contributed by atoms with van der Waals surface area (Å²) in [5.41, 5.74) is 7.73. The Kier molecular flexibility index (Phi) is 1.21. The van der Waals surface area contributed by atoms with Gasteiger partial charge in [-0.2, -0.15) is 0 Å². The summed E-state index contributed by atoms with van der Waals surface area (Å²) in [5.74, 6) is 0. The SMILES string of the molecule is CC1=CN=C(C)C1(C)N. The Morgan fingerprint density at radius 1 is 1.56 bits per heavy atom. The molecule has 0 fully saturated rings. The van der Waals surface area contributed by atoms with Crippen LogP contribution in [0, 0.1) is 0 Å². The van der Waals surface area contributed by atoms with E-state index in [4.69, 9.17) is 5.73 Å². The summed E-state index contributed by atoms with van der Waals surface area (Å²) in [6, 6.07) is 0. The molecule has 1 rings (SSSR count). The van der Waals surface area contributed by atoms with Gasteiger partial charge < -0.3 is 5.73 Å². The molecule has 2 nitrogen and oxygen atoms in total. The normalized spacial score (nSPS) is 34.2. The minimum Gasteiger partial charge on any atom is -0.317 e. The Bertz CT molecular complexity index is 167. The van der Waals surface area contributed by atoms with Crippen LogP contribution in [-0.4, -0.2) is 11.3 Å². The molecule has 1 heterocycles. The second-order valence-electron chi connectivity index (χ2n) is 2.73. The zero-order chi connectivity index (χ0) is 7.07. The fraction of sp³-hybridized carbons (Fsp3) is 0.571. The Morgan fingerprint density at radius 2 is 2.11 bits per heavy atom. The van der Waals surface area contributed by atoms with Crippen LogP contribution in [0.5, 0.6) is 0 Å². The summed E-state index contributed by atoms with van der Waals surface area (Å²) in [4.78, 5) is 4.10. The predicted molar refractivity (Wildman–Crippen MR) is 39.5 cm³/mol. The molecule has 0 aromatic rings. The molecule has 50 valence electrons. The molecule has 2 heteroatoms. The molecule has 1 aliphatic rings. The average Bonchev–Trinajstić information content (AvgIpc) is 1.96. The van der Waals surface area contributed by atoms with Crippen molar-refractivity contribution >= 4 is 5.71 Å². The largest absolute Gasteiger partial charge is 0.317 e. The molecular weight excluding hydrogens is 112 g/mol. The van der Waals surface area contributed by atoms with E-state index in [2.05, 4.69) is 4.99 Å². The van der Waals surface area contributed by atoms with Crippen molar-refractivity contribution in [1.82, 2.24) is 0 Å². The van der Waals surface area contributed by atoms with E-state index in [-0.39, 0.29) is 5.54 Å². The first-order valence-corrected chi connectivity index (χ1v) is 3.06. The first-order chi connectivity index (χ1) is 4.05. The van der Waals surface area contributed by atoms with Crippen molar-refractivity contribution in [1.29, 1.82) is 0 Å². The van der Waals surface area contributed by atoms with Gasteiger partial charge >= 0.3 is 0 Å². The van der Waals surface area contributed by atoms with Crippen LogP contribution in [0.4, 0.5) is 0 Å². The summed E-state index contributed by atoms with van der Waals surface area (Å²) < 4.78 is 0. The van der Waals surface area contributed by atoms with E-state index in [0.717, 1.165) is 11.3 Å². The smallest absolute Gasteiger partial charge is 0.0742 e. The summed E-state index contributed by atoms with van der Waals surface area (Å²) in [7, 11) is 0. The highest BCUT2D eigenvalue weighted by Gasteiger charge is 2.27. The van der Waals surface area contributed by atoms with Gasteiger partial charge in [-0.15, -0.1) is 0 Å². The Hall–Kier alpha value is -0.630. The molecule has 9 heavy (non-hydrogen) atoms. The molecular formula is C7H12N2. The molecule has 2 N–H and O–H groups in total. The summed E-state index contributed by atoms with van der Waals surface area (Å²) in [5, 5.41) is 0. The number of aliphatic imine (C=N–C) groups is 1. The number of rotatable bonds is 0. The molecule has 1 atom stereocenters. The first-order valence-electron chi connectivity index (χ1n) is 3.06. The molecule has 0 aromatic heterocycles. The first kappa shape index (κ1) is 6.49. The van der Waals surface area contributed by atoms with E-state index in [9.17, 15) is 0 Å². The second kappa shape index (κ2) is 1.67. The minimum absolute atomic E-state index is 0.278. The number of nitrogens with zero attached hydrogens (tertiary/aromatic N) is 1. The van der Waals surface area contributed by atoms with Gasteiger partial charge in [0.25, 0.3) is 0 Å². The molecule has 0 spiro atoms. The standard InChI is InChI=1S/C7H12N2/c1-5-4-9-6(2)7(5,3)8/h4H,8H2,1-3H3. The van der Waals surface area contributed by atoms with E-state index in [1.807, 2.05) is 27.0 Å². The van der Waals surface area contributed by atoms with Crippen LogP contribution in [0.2, 0.25) is 0 Å². The van der Waals surface area contributed by atoms with E-state index in [1.54, 1.807) is 0 Å². The molecule has 0 bridgehead atoms. The molecule has 0 saturated heterocycles. The van der Waals surface area contributed by atoms with Gasteiger partial charge in [0, 0.05) is 11.9 Å². The minimum atomic E-state index is -0.278. The van der Waals surface area contributed by atoms with Gasteiger partial charge in [0.2, 0.25) is 0 Å². The second-order valence-corrected chi connectivity index (χ2v) is 2.73. The summed E-state index contributed by atoms with van der Waals surface area (Å²) in [6.07, 6.45) is 1.83. The van der Waals surface area contributed by atoms with Gasteiger partial charge in [-0.1, -0.05) is 0 Å². The maximum absolute atomic E-state index is 5.87. The molecule has 0 radical (unpaired) electrons. The molecule has 0 amide bonds. The lowest BCUT2D eigenvalue weighted by molar-refractivity contribution is 0.741. The highest BCUT2D eigenvalue weighted by atomic mass is 14.9. The predicted octanol–water partition coefficient (Wildman–Crippen LogP) is 1.08. The van der Waals surface area contributed by atoms with Gasteiger partial charge in [0.15, 0.2) is 0 Å². The fourth-order valence-electron chi connectivity index (χ4n) is 0.747. The zero-order valence-electron chi connectivity index (χ0n) is 6.10. The van der Waals surface area contributed by atoms with E-state index in [0.29, 0.717) is 0 Å². The number of hydrogen-bond acceptors (Lipinski definition) is 2. The lowest BCUT2D eigenvalue weighted by Gasteiger charge is -2.19. The van der Waals surface area contributed by atoms with Crippen LogP contribution in [0.3, 0.4) is 0 Å². The van der Waals surface area contributed by atoms with Gasteiger partial charge in [-0.25, -0.2) is 0 Å².